The van der Waals surface area contributed by atoms with Crippen LogP contribution in [0.25, 0.3) is 0 Å². The second-order valence-electron chi connectivity index (χ2n) is 11.3. The Kier molecular flexibility index (Phi) is 6.56. The van der Waals surface area contributed by atoms with E-state index in [0.717, 1.165) is 17.7 Å². The first-order valence-electron chi connectivity index (χ1n) is 12.5. The Morgan fingerprint density at radius 2 is 1.92 bits per heavy atom. The average Bonchev–Trinajstić information content (AvgIpc) is 3.45. The molecule has 1 aliphatic carbocycles. The number of amides is 1. The summed E-state index contributed by atoms with van der Waals surface area (Å²) < 4.78 is 61.3. The molecule has 1 aromatic heterocycles. The first-order valence-corrected chi connectivity index (χ1v) is 14.0. The number of nitrogens with one attached hydrogen (secondary N) is 1. The molecule has 1 amide bonds. The summed E-state index contributed by atoms with van der Waals surface area (Å²) in [6.45, 7) is 6.70. The molecule has 0 bridgehead atoms. The molecule has 0 radical (unpaired) electrons. The van der Waals surface area contributed by atoms with Crippen LogP contribution in [0, 0.1) is 11.6 Å². The van der Waals surface area contributed by atoms with Gasteiger partial charge in [0.1, 0.15) is 17.2 Å². The van der Waals surface area contributed by atoms with Gasteiger partial charge in [0.15, 0.2) is 0 Å². The molecule has 5 rings (SSSR count). The highest BCUT2D eigenvalue weighted by atomic mass is 32.2. The smallest absolute Gasteiger partial charge is 0.407 e. The van der Waals surface area contributed by atoms with E-state index in [1.807, 2.05) is 11.9 Å². The van der Waals surface area contributed by atoms with Crippen molar-refractivity contribution in [2.45, 2.75) is 82.1 Å². The normalized spacial score (nSPS) is 25.2. The molecule has 9 nitrogen and oxygen atoms in total. The van der Waals surface area contributed by atoms with Crippen molar-refractivity contribution in [3.8, 4) is 0 Å². The number of nitrogens with zero attached hydrogens (tertiary/aromatic N) is 4. The van der Waals surface area contributed by atoms with Crippen LogP contribution in [0.4, 0.5) is 13.6 Å². The van der Waals surface area contributed by atoms with Crippen molar-refractivity contribution < 1.29 is 26.7 Å². The fourth-order valence-electron chi connectivity index (χ4n) is 5.44. The van der Waals surface area contributed by atoms with Gasteiger partial charge in [0.05, 0.1) is 29.2 Å². The Morgan fingerprint density at radius 3 is 2.59 bits per heavy atom. The predicted octanol–water partition coefficient (Wildman–Crippen LogP) is 3.16. The van der Waals surface area contributed by atoms with E-state index in [0.29, 0.717) is 44.6 Å². The minimum absolute atomic E-state index is 0.0812. The molecule has 3 atom stereocenters. The van der Waals surface area contributed by atoms with Crippen LogP contribution in [-0.4, -0.2) is 70.0 Å². The van der Waals surface area contributed by atoms with Gasteiger partial charge in [-0.2, -0.15) is 9.19 Å². The fraction of sp³-hybridized carbons (Fsp3) is 0.600. The summed E-state index contributed by atoms with van der Waals surface area (Å²) in [6.07, 6.45) is 2.73. The van der Waals surface area contributed by atoms with Crippen LogP contribution in [0.1, 0.15) is 62.9 Å². The lowest BCUT2D eigenvalue weighted by atomic mass is 9.87. The quantitative estimate of drug-likeness (QED) is 0.626. The number of halogens is 2. The number of fused-ring (bicyclic) bond motifs is 1. The third-order valence-corrected chi connectivity index (χ3v) is 9.32. The van der Waals surface area contributed by atoms with Gasteiger partial charge in [0.2, 0.25) is 0 Å². The third-order valence-electron chi connectivity index (χ3n) is 7.21. The molecule has 1 aromatic carbocycles. The number of hydrogen-bond donors (Lipinski definition) is 1. The molecule has 1 unspecified atom stereocenters. The van der Waals surface area contributed by atoms with Gasteiger partial charge in [-0.25, -0.2) is 22.0 Å². The lowest BCUT2D eigenvalue weighted by Gasteiger charge is -2.46. The molecule has 2 aromatic rings. The van der Waals surface area contributed by atoms with E-state index in [2.05, 4.69) is 15.3 Å². The largest absolute Gasteiger partial charge is 0.444 e. The number of ether oxygens (including phenoxy) is 1. The summed E-state index contributed by atoms with van der Waals surface area (Å²) in [5, 5.41) is 6.70. The minimum Gasteiger partial charge on any atom is -0.444 e. The van der Waals surface area contributed by atoms with Crippen molar-refractivity contribution in [3.63, 3.8) is 0 Å². The molecule has 1 N–H and O–H groups in total. The number of aromatic nitrogens is 2. The highest BCUT2D eigenvalue weighted by Gasteiger charge is 2.44. The van der Waals surface area contributed by atoms with Crippen molar-refractivity contribution in [2.24, 2.45) is 0 Å². The maximum atomic E-state index is 14.9. The summed E-state index contributed by atoms with van der Waals surface area (Å²) in [5.41, 5.74) is 0.975. The zero-order valence-corrected chi connectivity index (χ0v) is 22.3. The minimum atomic E-state index is -3.49. The van der Waals surface area contributed by atoms with Crippen LogP contribution >= 0.6 is 0 Å². The molecule has 1 saturated carbocycles. The Labute approximate surface area is 215 Å². The van der Waals surface area contributed by atoms with Crippen molar-refractivity contribution in [3.05, 3.63) is 52.9 Å². The Bertz CT molecular complexity index is 1300. The zero-order chi connectivity index (χ0) is 26.7. The van der Waals surface area contributed by atoms with E-state index in [-0.39, 0.29) is 16.9 Å². The van der Waals surface area contributed by atoms with E-state index in [1.54, 1.807) is 27.0 Å². The average molecular weight is 538 g/mol. The molecule has 2 fully saturated rings. The second kappa shape index (κ2) is 9.32. The number of alkyl carbamates (subject to hydrolysis) is 1. The van der Waals surface area contributed by atoms with Gasteiger partial charge in [-0.15, -0.1) is 0 Å². The standard InChI is InChI=1S/C25H33F2N5O4S/c1-25(2,3)36-24(33)29-21-10-17(13-30(4)23(21)19-9-16(26)5-8-20(19)27)31-12-15-11-28-32(22(15)14-31)37(34,35)18-6-7-18/h5,8-9,11,17-18,21,23H,6-7,10,12-14H2,1-4H3,(H,29,33)/t17-,21+,23?/m1/s1. The van der Waals surface area contributed by atoms with E-state index in [9.17, 15) is 22.0 Å². The number of carbonyl (C=O) groups is 1. The molecular weight excluding hydrogens is 504 g/mol. The first-order chi connectivity index (χ1) is 17.3. The maximum Gasteiger partial charge on any atom is 0.407 e. The molecule has 3 heterocycles. The van der Waals surface area contributed by atoms with E-state index >= 15 is 0 Å². The number of rotatable bonds is 5. The monoisotopic (exact) mass is 537 g/mol. The van der Waals surface area contributed by atoms with Crippen LogP contribution in [0.5, 0.6) is 0 Å². The summed E-state index contributed by atoms with van der Waals surface area (Å²) >= 11 is 0. The topological polar surface area (TPSA) is 96.8 Å². The number of likely N-dealkylation sites (tertiary alicyclic amines) is 1. The number of hydrogen-bond acceptors (Lipinski definition) is 7. The van der Waals surface area contributed by atoms with E-state index in [4.69, 9.17) is 4.74 Å². The van der Waals surface area contributed by atoms with Crippen molar-refractivity contribution in [1.82, 2.24) is 24.3 Å². The number of piperidine rings is 1. The number of carbonyl (C=O) groups excluding carboxylic acids is 1. The molecule has 1 saturated heterocycles. The predicted molar refractivity (Wildman–Crippen MR) is 132 cm³/mol. The Hall–Kier alpha value is -2.57. The van der Waals surface area contributed by atoms with Crippen molar-refractivity contribution in [1.29, 1.82) is 0 Å². The summed E-state index contributed by atoms with van der Waals surface area (Å²) in [6, 6.07) is 2.06. The maximum absolute atomic E-state index is 14.9. The fourth-order valence-corrected chi connectivity index (χ4v) is 7.12. The molecule has 0 spiro atoms. The van der Waals surface area contributed by atoms with Crippen LogP contribution in [0.3, 0.4) is 0 Å². The van der Waals surface area contributed by atoms with Gasteiger partial charge in [0, 0.05) is 36.8 Å². The Morgan fingerprint density at radius 1 is 1.19 bits per heavy atom. The Balaban J connectivity index is 1.39. The van der Waals surface area contributed by atoms with Crippen LogP contribution in [0.2, 0.25) is 0 Å². The highest BCUT2D eigenvalue weighted by Crippen LogP contribution is 2.38. The van der Waals surface area contributed by atoms with Crippen LogP contribution in [0.15, 0.2) is 24.4 Å². The SMILES string of the molecule is CN1C[C@H](N2Cc3cnn(S(=O)(=O)C4CC4)c3C2)C[C@H](NC(=O)OC(C)(C)C)C1c1cc(F)ccc1F. The zero-order valence-electron chi connectivity index (χ0n) is 21.4. The van der Waals surface area contributed by atoms with E-state index < -0.39 is 45.4 Å². The van der Waals surface area contributed by atoms with Gasteiger partial charge < -0.3 is 10.1 Å². The van der Waals surface area contributed by atoms with Gasteiger partial charge >= 0.3 is 6.09 Å². The third kappa shape index (κ3) is 5.23. The summed E-state index contributed by atoms with van der Waals surface area (Å²) in [4.78, 5) is 16.8. The molecule has 202 valence electrons. The lowest BCUT2D eigenvalue weighted by molar-refractivity contribution is 0.0257. The van der Waals surface area contributed by atoms with Crippen LogP contribution in [-0.2, 0) is 27.8 Å². The summed E-state index contributed by atoms with van der Waals surface area (Å²) in [5.74, 6) is -1.11. The van der Waals surface area contributed by atoms with E-state index in [1.165, 1.54) is 10.2 Å². The second-order valence-corrected chi connectivity index (χ2v) is 13.3. The summed E-state index contributed by atoms with van der Waals surface area (Å²) in [7, 11) is -1.68. The molecule has 12 heteroatoms. The molecular formula is C25H33F2N5O4S. The van der Waals surface area contributed by atoms with Gasteiger partial charge in [0.25, 0.3) is 10.0 Å². The van der Waals surface area contributed by atoms with Crippen molar-refractivity contribution in [2.75, 3.05) is 13.6 Å². The molecule has 2 aliphatic heterocycles. The van der Waals surface area contributed by atoms with Gasteiger partial charge in [-0.05, 0) is 65.3 Å². The molecule has 3 aliphatic rings. The molecule has 37 heavy (non-hydrogen) atoms. The lowest BCUT2D eigenvalue weighted by Crippen LogP contribution is -2.57. The number of likely N-dealkylation sites (N-methyl/N-ethyl adjacent to an activating group) is 1. The van der Waals surface area contributed by atoms with Gasteiger partial charge in [-0.1, -0.05) is 0 Å². The van der Waals surface area contributed by atoms with Crippen molar-refractivity contribution >= 4 is 16.1 Å². The first kappa shape index (κ1) is 26.1. The van der Waals surface area contributed by atoms with Crippen LogP contribution < -0.4 is 5.32 Å². The van der Waals surface area contributed by atoms with Gasteiger partial charge in [-0.3, -0.25) is 9.80 Å². The highest BCUT2D eigenvalue weighted by molar-refractivity contribution is 7.90. The number of benzene rings is 1.